The monoisotopic (exact) mass is 260 g/mol. The van der Waals surface area contributed by atoms with Crippen LogP contribution in [0.2, 0.25) is 5.28 Å². The van der Waals surface area contributed by atoms with Crippen LogP contribution in [0.25, 0.3) is 0 Å². The standard InChI is InChI=1S/C10H13ClN2S2/c1-6(2)5-15-9-8-7(3-4-14-8)12-10(11)13-9/h6H,3-5H2,1-2H3. The summed E-state index contributed by atoms with van der Waals surface area (Å²) >= 11 is 9.54. The maximum Gasteiger partial charge on any atom is 0.223 e. The first kappa shape index (κ1) is 11.6. The zero-order valence-corrected chi connectivity index (χ0v) is 11.2. The van der Waals surface area contributed by atoms with Gasteiger partial charge in [0, 0.05) is 17.9 Å². The summed E-state index contributed by atoms with van der Waals surface area (Å²) in [4.78, 5) is 9.83. The minimum atomic E-state index is 0.391. The Balaban J connectivity index is 2.22. The topological polar surface area (TPSA) is 25.8 Å². The largest absolute Gasteiger partial charge is 0.223 e. The molecule has 0 aromatic carbocycles. The second-order valence-electron chi connectivity index (χ2n) is 3.88. The molecule has 1 aromatic rings. The van der Waals surface area contributed by atoms with Crippen molar-refractivity contribution in [2.75, 3.05) is 11.5 Å². The van der Waals surface area contributed by atoms with Crippen molar-refractivity contribution in [1.82, 2.24) is 9.97 Å². The average molecular weight is 261 g/mol. The van der Waals surface area contributed by atoms with Gasteiger partial charge in [-0.05, 0) is 17.5 Å². The Morgan fingerprint density at radius 1 is 1.47 bits per heavy atom. The highest BCUT2D eigenvalue weighted by Crippen LogP contribution is 2.38. The SMILES string of the molecule is CC(C)CSc1nc(Cl)nc2c1SCC2. The molecule has 1 aliphatic rings. The summed E-state index contributed by atoms with van der Waals surface area (Å²) in [6, 6.07) is 0. The molecule has 0 bridgehead atoms. The van der Waals surface area contributed by atoms with Crippen molar-refractivity contribution < 1.29 is 0 Å². The lowest BCUT2D eigenvalue weighted by atomic mass is 10.3. The Kier molecular flexibility index (Phi) is 3.80. The van der Waals surface area contributed by atoms with Crippen LogP contribution in [0, 0.1) is 5.92 Å². The van der Waals surface area contributed by atoms with Crippen LogP contribution >= 0.6 is 35.1 Å². The first-order valence-corrected chi connectivity index (χ1v) is 7.33. The van der Waals surface area contributed by atoms with Crippen LogP contribution in [0.3, 0.4) is 0 Å². The Morgan fingerprint density at radius 2 is 2.27 bits per heavy atom. The zero-order valence-electron chi connectivity index (χ0n) is 8.79. The number of hydrogen-bond acceptors (Lipinski definition) is 4. The van der Waals surface area contributed by atoms with Crippen LogP contribution in [0.15, 0.2) is 9.92 Å². The summed E-state index contributed by atoms with van der Waals surface area (Å²) in [5, 5.41) is 1.46. The molecule has 0 saturated carbocycles. The van der Waals surface area contributed by atoms with Gasteiger partial charge in [0.25, 0.3) is 0 Å². The summed E-state index contributed by atoms with van der Waals surface area (Å²) in [5.41, 5.74) is 1.13. The Bertz CT molecular complexity index is 369. The average Bonchev–Trinajstić information content (AvgIpc) is 2.61. The predicted molar refractivity (Wildman–Crippen MR) is 67.0 cm³/mol. The van der Waals surface area contributed by atoms with Gasteiger partial charge in [-0.25, -0.2) is 9.97 Å². The quantitative estimate of drug-likeness (QED) is 0.472. The molecule has 0 radical (unpaired) electrons. The lowest BCUT2D eigenvalue weighted by molar-refractivity contribution is 0.747. The molecule has 82 valence electrons. The molecule has 0 atom stereocenters. The van der Waals surface area contributed by atoms with E-state index < -0.39 is 0 Å². The zero-order chi connectivity index (χ0) is 10.8. The van der Waals surface area contributed by atoms with Crippen molar-refractivity contribution in [3.8, 4) is 0 Å². The lowest BCUT2D eigenvalue weighted by Crippen LogP contribution is -1.97. The molecule has 0 N–H and O–H groups in total. The molecule has 0 aliphatic carbocycles. The van der Waals surface area contributed by atoms with Gasteiger partial charge in [0.05, 0.1) is 10.6 Å². The molecule has 0 fully saturated rings. The van der Waals surface area contributed by atoms with Gasteiger partial charge in [-0.2, -0.15) is 0 Å². The van der Waals surface area contributed by atoms with Gasteiger partial charge >= 0.3 is 0 Å². The first-order chi connectivity index (χ1) is 7.16. The van der Waals surface area contributed by atoms with Crippen LogP contribution in [-0.2, 0) is 6.42 Å². The van der Waals surface area contributed by atoms with E-state index in [2.05, 4.69) is 23.8 Å². The fraction of sp³-hybridized carbons (Fsp3) is 0.600. The fourth-order valence-electron chi connectivity index (χ4n) is 1.35. The van der Waals surface area contributed by atoms with Gasteiger partial charge in [-0.15, -0.1) is 23.5 Å². The van der Waals surface area contributed by atoms with Gasteiger partial charge in [-0.1, -0.05) is 13.8 Å². The molecule has 1 aromatic heterocycles. The molecule has 2 heterocycles. The van der Waals surface area contributed by atoms with Crippen molar-refractivity contribution in [2.24, 2.45) is 5.92 Å². The van der Waals surface area contributed by atoms with E-state index in [0.29, 0.717) is 11.2 Å². The second-order valence-corrected chi connectivity index (χ2v) is 6.33. The fourth-order valence-corrected chi connectivity index (χ4v) is 3.82. The molecule has 0 amide bonds. The van der Waals surface area contributed by atoms with E-state index in [1.165, 1.54) is 4.90 Å². The minimum absolute atomic E-state index is 0.391. The summed E-state index contributed by atoms with van der Waals surface area (Å²) < 4.78 is 0. The van der Waals surface area contributed by atoms with Gasteiger partial charge in [-0.3, -0.25) is 0 Å². The molecule has 0 unspecified atom stereocenters. The molecule has 0 spiro atoms. The molecule has 0 saturated heterocycles. The maximum atomic E-state index is 5.90. The summed E-state index contributed by atoms with van der Waals surface area (Å²) in [7, 11) is 0. The highest BCUT2D eigenvalue weighted by Gasteiger charge is 2.19. The number of nitrogens with zero attached hydrogens (tertiary/aromatic N) is 2. The number of fused-ring (bicyclic) bond motifs is 1. The Labute approximate surface area is 104 Å². The van der Waals surface area contributed by atoms with Gasteiger partial charge in [0.1, 0.15) is 5.03 Å². The van der Waals surface area contributed by atoms with Crippen molar-refractivity contribution >= 4 is 35.1 Å². The van der Waals surface area contributed by atoms with Gasteiger partial charge in [0.2, 0.25) is 5.28 Å². The van der Waals surface area contributed by atoms with E-state index in [1.54, 1.807) is 11.8 Å². The highest BCUT2D eigenvalue weighted by molar-refractivity contribution is 8.02. The van der Waals surface area contributed by atoms with Gasteiger partial charge in [0.15, 0.2) is 0 Å². The summed E-state index contributed by atoms with van der Waals surface area (Å²) in [5.74, 6) is 2.87. The molecule has 2 rings (SSSR count). The Morgan fingerprint density at radius 3 is 3.00 bits per heavy atom. The normalized spacial score (nSPS) is 14.7. The van der Waals surface area contributed by atoms with Crippen LogP contribution in [-0.4, -0.2) is 21.5 Å². The molecule has 15 heavy (non-hydrogen) atoms. The van der Waals surface area contributed by atoms with Crippen LogP contribution in [0.5, 0.6) is 0 Å². The van der Waals surface area contributed by atoms with E-state index in [-0.39, 0.29) is 0 Å². The van der Waals surface area contributed by atoms with Gasteiger partial charge < -0.3 is 0 Å². The Hall–Kier alpha value is 0.0700. The van der Waals surface area contributed by atoms with Crippen molar-refractivity contribution in [3.63, 3.8) is 0 Å². The van der Waals surface area contributed by atoms with Crippen molar-refractivity contribution in [2.45, 2.75) is 30.2 Å². The number of hydrogen-bond donors (Lipinski definition) is 0. The lowest BCUT2D eigenvalue weighted by Gasteiger charge is -2.07. The highest BCUT2D eigenvalue weighted by atomic mass is 35.5. The smallest absolute Gasteiger partial charge is 0.222 e. The van der Waals surface area contributed by atoms with Crippen molar-refractivity contribution in [3.05, 3.63) is 11.0 Å². The third-order valence-corrected chi connectivity index (χ3v) is 4.84. The molecular weight excluding hydrogens is 248 g/mol. The predicted octanol–water partition coefficient (Wildman–Crippen LogP) is 3.53. The van der Waals surface area contributed by atoms with E-state index in [9.17, 15) is 0 Å². The molecule has 2 nitrogen and oxygen atoms in total. The first-order valence-electron chi connectivity index (χ1n) is 4.99. The van der Waals surface area contributed by atoms with Crippen LogP contribution < -0.4 is 0 Å². The van der Waals surface area contributed by atoms with E-state index in [0.717, 1.165) is 28.6 Å². The van der Waals surface area contributed by atoms with Crippen LogP contribution in [0.1, 0.15) is 19.5 Å². The number of aryl methyl sites for hydroxylation is 1. The minimum Gasteiger partial charge on any atom is -0.222 e. The van der Waals surface area contributed by atoms with Crippen LogP contribution in [0.4, 0.5) is 0 Å². The summed E-state index contributed by atoms with van der Waals surface area (Å²) in [6.45, 7) is 4.42. The van der Waals surface area contributed by atoms with E-state index in [4.69, 9.17) is 11.6 Å². The molecule has 1 aliphatic heterocycles. The maximum absolute atomic E-state index is 5.90. The third kappa shape index (κ3) is 2.80. The number of halogens is 1. The third-order valence-electron chi connectivity index (χ3n) is 2.02. The number of aromatic nitrogens is 2. The number of thioether (sulfide) groups is 2. The van der Waals surface area contributed by atoms with E-state index >= 15 is 0 Å². The molecular formula is C10H13ClN2S2. The second kappa shape index (κ2) is 4.93. The van der Waals surface area contributed by atoms with E-state index in [1.807, 2.05) is 11.8 Å². The number of rotatable bonds is 3. The van der Waals surface area contributed by atoms with Crippen molar-refractivity contribution in [1.29, 1.82) is 0 Å². The molecule has 5 heteroatoms. The summed E-state index contributed by atoms with van der Waals surface area (Å²) in [6.07, 6.45) is 1.03.